The van der Waals surface area contributed by atoms with E-state index in [9.17, 15) is 18.0 Å². The summed E-state index contributed by atoms with van der Waals surface area (Å²) >= 11 is 0. The van der Waals surface area contributed by atoms with Crippen LogP contribution in [0.2, 0.25) is 0 Å². The standard InChI is InChI=1S/C23H20F3N5O/c24-16-4-1-3-15(20(16)22-27-7-2-8-28-22)23(32)31-12-13-9-17(18(31)10-13)30-19-6-5-14(11-29-19)21(25)26/h1-8,11,13,17-18,21H,9-10,12H2,(H,29,30)/t13-,17+,18-/m0/s1. The second-order valence-corrected chi connectivity index (χ2v) is 8.13. The maximum absolute atomic E-state index is 14.7. The number of carbonyl (C=O) groups excluding carboxylic acids is 1. The summed E-state index contributed by atoms with van der Waals surface area (Å²) in [5.74, 6) is 0.142. The highest BCUT2D eigenvalue weighted by Crippen LogP contribution is 2.40. The van der Waals surface area contributed by atoms with Crippen LogP contribution in [0.5, 0.6) is 0 Å². The fraction of sp³-hybridized carbons (Fsp3) is 0.304. The molecule has 164 valence electrons. The van der Waals surface area contributed by atoms with E-state index in [0.29, 0.717) is 18.3 Å². The summed E-state index contributed by atoms with van der Waals surface area (Å²) in [4.78, 5) is 27.6. The number of piperidine rings is 1. The maximum atomic E-state index is 14.7. The Labute approximate surface area is 182 Å². The van der Waals surface area contributed by atoms with Gasteiger partial charge in [0.05, 0.1) is 17.2 Å². The molecule has 1 amide bonds. The molecule has 2 bridgehead atoms. The number of carbonyl (C=O) groups is 1. The molecule has 2 aromatic heterocycles. The van der Waals surface area contributed by atoms with E-state index >= 15 is 0 Å². The molecule has 9 heteroatoms. The first-order chi connectivity index (χ1) is 15.5. The molecular weight excluding hydrogens is 419 g/mol. The Morgan fingerprint density at radius 3 is 2.56 bits per heavy atom. The van der Waals surface area contributed by atoms with Crippen molar-refractivity contribution >= 4 is 11.7 Å². The van der Waals surface area contributed by atoms with Crippen molar-refractivity contribution in [3.63, 3.8) is 0 Å². The van der Waals surface area contributed by atoms with E-state index in [1.165, 1.54) is 36.7 Å². The fourth-order valence-corrected chi connectivity index (χ4v) is 4.74. The Balaban J connectivity index is 1.39. The second kappa shape index (κ2) is 8.22. The monoisotopic (exact) mass is 439 g/mol. The van der Waals surface area contributed by atoms with Gasteiger partial charge < -0.3 is 10.2 Å². The lowest BCUT2D eigenvalue weighted by molar-refractivity contribution is 0.0692. The van der Waals surface area contributed by atoms with Crippen LogP contribution < -0.4 is 5.32 Å². The van der Waals surface area contributed by atoms with Crippen LogP contribution in [0.15, 0.2) is 55.0 Å². The quantitative estimate of drug-likeness (QED) is 0.641. The number of alkyl halides is 2. The largest absolute Gasteiger partial charge is 0.365 e. The number of benzene rings is 1. The van der Waals surface area contributed by atoms with Gasteiger partial charge in [0.1, 0.15) is 11.6 Å². The summed E-state index contributed by atoms with van der Waals surface area (Å²) < 4.78 is 40.2. The number of halogens is 3. The number of anilines is 1. The molecule has 1 aliphatic heterocycles. The molecule has 1 saturated carbocycles. The second-order valence-electron chi connectivity index (χ2n) is 8.13. The third-order valence-electron chi connectivity index (χ3n) is 6.15. The number of likely N-dealkylation sites (tertiary alicyclic amines) is 1. The maximum Gasteiger partial charge on any atom is 0.265 e. The minimum absolute atomic E-state index is 0.0624. The Hall–Kier alpha value is -3.49. The third kappa shape index (κ3) is 3.68. The topological polar surface area (TPSA) is 71.0 Å². The van der Waals surface area contributed by atoms with E-state index in [1.54, 1.807) is 17.0 Å². The summed E-state index contributed by atoms with van der Waals surface area (Å²) in [7, 11) is 0. The lowest BCUT2D eigenvalue weighted by Crippen LogP contribution is -2.48. The predicted octanol–water partition coefficient (Wildman–Crippen LogP) is 4.33. The molecule has 1 N–H and O–H groups in total. The molecule has 3 heterocycles. The molecule has 1 aromatic carbocycles. The van der Waals surface area contributed by atoms with Gasteiger partial charge in [-0.15, -0.1) is 0 Å². The Morgan fingerprint density at radius 1 is 1.06 bits per heavy atom. The highest BCUT2D eigenvalue weighted by molar-refractivity contribution is 6.00. The highest BCUT2D eigenvalue weighted by Gasteiger charge is 2.47. The normalized spacial score (nSPS) is 21.9. The van der Waals surface area contributed by atoms with Gasteiger partial charge in [0.15, 0.2) is 5.82 Å². The van der Waals surface area contributed by atoms with Crippen molar-refractivity contribution in [1.82, 2.24) is 19.9 Å². The summed E-state index contributed by atoms with van der Waals surface area (Å²) in [5, 5.41) is 3.28. The zero-order chi connectivity index (χ0) is 22.2. The molecule has 32 heavy (non-hydrogen) atoms. The van der Waals surface area contributed by atoms with Crippen molar-refractivity contribution in [2.24, 2.45) is 5.92 Å². The van der Waals surface area contributed by atoms with Crippen molar-refractivity contribution in [1.29, 1.82) is 0 Å². The van der Waals surface area contributed by atoms with Crippen LogP contribution in [0.4, 0.5) is 19.0 Å². The van der Waals surface area contributed by atoms with Crippen LogP contribution in [0.3, 0.4) is 0 Å². The van der Waals surface area contributed by atoms with E-state index in [1.807, 2.05) is 0 Å². The van der Waals surface area contributed by atoms with Gasteiger partial charge in [-0.1, -0.05) is 6.07 Å². The first kappa shape index (κ1) is 20.4. The number of fused-ring (bicyclic) bond motifs is 2. The number of rotatable bonds is 5. The summed E-state index contributed by atoms with van der Waals surface area (Å²) in [6.07, 6.45) is 3.28. The fourth-order valence-electron chi connectivity index (χ4n) is 4.74. The lowest BCUT2D eigenvalue weighted by Gasteiger charge is -2.34. The molecule has 0 radical (unpaired) electrons. The van der Waals surface area contributed by atoms with Gasteiger partial charge in [-0.2, -0.15) is 0 Å². The Morgan fingerprint density at radius 2 is 1.88 bits per heavy atom. The van der Waals surface area contributed by atoms with Gasteiger partial charge in [0, 0.05) is 36.7 Å². The van der Waals surface area contributed by atoms with Gasteiger partial charge >= 0.3 is 0 Å². The lowest BCUT2D eigenvalue weighted by atomic mass is 10.0. The van der Waals surface area contributed by atoms with Gasteiger partial charge in [-0.05, 0) is 49.1 Å². The van der Waals surface area contributed by atoms with Crippen molar-refractivity contribution in [3.8, 4) is 11.4 Å². The number of hydrogen-bond donors (Lipinski definition) is 1. The van der Waals surface area contributed by atoms with E-state index in [-0.39, 0.29) is 40.5 Å². The van der Waals surface area contributed by atoms with Crippen LogP contribution in [0, 0.1) is 11.7 Å². The molecule has 3 aromatic rings. The van der Waals surface area contributed by atoms with Crippen molar-refractivity contribution in [2.75, 3.05) is 11.9 Å². The number of pyridine rings is 1. The van der Waals surface area contributed by atoms with Crippen LogP contribution in [0.25, 0.3) is 11.4 Å². The summed E-state index contributed by atoms with van der Waals surface area (Å²) in [6.45, 7) is 0.588. The highest BCUT2D eigenvalue weighted by atomic mass is 19.3. The van der Waals surface area contributed by atoms with E-state index in [0.717, 1.165) is 19.0 Å². The molecule has 5 rings (SSSR count). The third-order valence-corrected chi connectivity index (χ3v) is 6.15. The summed E-state index contributed by atoms with van der Waals surface area (Å²) in [6, 6.07) is 8.72. The number of amides is 1. The van der Waals surface area contributed by atoms with Gasteiger partial charge in [-0.3, -0.25) is 4.79 Å². The first-order valence-electron chi connectivity index (χ1n) is 10.4. The molecule has 1 aliphatic carbocycles. The molecule has 0 unspecified atom stereocenters. The predicted molar refractivity (Wildman–Crippen MR) is 112 cm³/mol. The first-order valence-corrected chi connectivity index (χ1v) is 10.4. The van der Waals surface area contributed by atoms with Gasteiger partial charge in [0.25, 0.3) is 12.3 Å². The molecule has 6 nitrogen and oxygen atoms in total. The Bertz CT molecular complexity index is 1130. The molecule has 2 fully saturated rings. The van der Waals surface area contributed by atoms with E-state index in [2.05, 4.69) is 20.3 Å². The number of nitrogens with zero attached hydrogens (tertiary/aromatic N) is 4. The minimum atomic E-state index is -2.57. The zero-order valence-electron chi connectivity index (χ0n) is 17.0. The van der Waals surface area contributed by atoms with Crippen LogP contribution >= 0.6 is 0 Å². The summed E-state index contributed by atoms with van der Waals surface area (Å²) in [5.41, 5.74) is 0.179. The molecule has 3 atom stereocenters. The number of nitrogens with one attached hydrogen (secondary N) is 1. The smallest absolute Gasteiger partial charge is 0.265 e. The molecule has 1 saturated heterocycles. The van der Waals surface area contributed by atoms with Crippen molar-refractivity contribution in [3.05, 3.63) is 71.9 Å². The zero-order valence-corrected chi connectivity index (χ0v) is 17.0. The average Bonchev–Trinajstić information content (AvgIpc) is 3.40. The molecular formula is C23H20F3N5O. The van der Waals surface area contributed by atoms with Crippen LogP contribution in [-0.4, -0.2) is 44.4 Å². The molecule has 2 aliphatic rings. The molecule has 0 spiro atoms. The van der Waals surface area contributed by atoms with Crippen LogP contribution in [-0.2, 0) is 0 Å². The minimum Gasteiger partial charge on any atom is -0.365 e. The van der Waals surface area contributed by atoms with Gasteiger partial charge in [-0.25, -0.2) is 28.1 Å². The Kier molecular flexibility index (Phi) is 5.24. The van der Waals surface area contributed by atoms with Crippen molar-refractivity contribution in [2.45, 2.75) is 31.4 Å². The van der Waals surface area contributed by atoms with Crippen LogP contribution in [0.1, 0.15) is 35.2 Å². The number of aromatic nitrogens is 3. The SMILES string of the molecule is O=C(c1cccc(F)c1-c1ncccn1)N1C[C@H]2C[C@@H](Nc3ccc(C(F)F)cn3)[C@@H]1C2. The van der Waals surface area contributed by atoms with Gasteiger partial charge in [0.2, 0.25) is 0 Å². The average molecular weight is 439 g/mol. The van der Waals surface area contributed by atoms with E-state index < -0.39 is 12.2 Å². The number of hydrogen-bond acceptors (Lipinski definition) is 5. The van der Waals surface area contributed by atoms with Crippen molar-refractivity contribution < 1.29 is 18.0 Å². The van der Waals surface area contributed by atoms with E-state index in [4.69, 9.17) is 0 Å².